The maximum absolute atomic E-state index is 6.01. The van der Waals surface area contributed by atoms with E-state index in [1.54, 1.807) is 0 Å². The second kappa shape index (κ2) is 12.4. The van der Waals surface area contributed by atoms with Gasteiger partial charge >= 0.3 is 0 Å². The van der Waals surface area contributed by atoms with Gasteiger partial charge in [0, 0.05) is 19.6 Å². The summed E-state index contributed by atoms with van der Waals surface area (Å²) < 4.78 is 6.01. The first kappa shape index (κ1) is 23.0. The van der Waals surface area contributed by atoms with Crippen LogP contribution >= 0.6 is 24.0 Å². The third-order valence-electron chi connectivity index (χ3n) is 4.65. The van der Waals surface area contributed by atoms with Crippen molar-refractivity contribution in [2.45, 2.75) is 40.2 Å². The summed E-state index contributed by atoms with van der Waals surface area (Å²) in [6, 6.07) is 8.11. The molecule has 0 bridgehead atoms. The summed E-state index contributed by atoms with van der Waals surface area (Å²) in [6.07, 6.45) is 1.31. The van der Waals surface area contributed by atoms with Crippen LogP contribution in [0.5, 0.6) is 5.75 Å². The molecule has 0 spiro atoms. The third-order valence-corrected chi connectivity index (χ3v) is 4.65. The van der Waals surface area contributed by atoms with E-state index in [-0.39, 0.29) is 30.1 Å². The summed E-state index contributed by atoms with van der Waals surface area (Å²) in [5, 5.41) is 6.83. The van der Waals surface area contributed by atoms with E-state index >= 15 is 0 Å². The Morgan fingerprint density at radius 2 is 2.08 bits per heavy atom. The molecule has 1 aliphatic rings. The highest BCUT2D eigenvalue weighted by atomic mass is 127. The number of ether oxygens (including phenoxy) is 1. The van der Waals surface area contributed by atoms with E-state index < -0.39 is 0 Å². The number of benzene rings is 1. The second-order valence-corrected chi connectivity index (χ2v) is 6.84. The van der Waals surface area contributed by atoms with Crippen LogP contribution in [0.1, 0.15) is 32.8 Å². The van der Waals surface area contributed by atoms with Gasteiger partial charge in [0.05, 0.1) is 6.54 Å². The average Bonchev–Trinajstić information content (AvgIpc) is 3.07. The molecule has 0 aromatic heterocycles. The van der Waals surface area contributed by atoms with E-state index in [0.29, 0.717) is 12.5 Å². The molecule has 5 nitrogen and oxygen atoms in total. The largest absolute Gasteiger partial charge is 0.489 e. The molecule has 1 aromatic rings. The van der Waals surface area contributed by atoms with E-state index in [2.05, 4.69) is 49.3 Å². The number of nitrogens with one attached hydrogen (secondary N) is 2. The zero-order chi connectivity index (χ0) is 18.1. The lowest BCUT2D eigenvalue weighted by Gasteiger charge is -2.18. The maximum Gasteiger partial charge on any atom is 0.191 e. The number of para-hydroxylation sites is 1. The fraction of sp³-hybridized carbons (Fsp3) is 0.650. The number of hydrogen-bond donors (Lipinski definition) is 2. The zero-order valence-electron chi connectivity index (χ0n) is 16.6. The molecule has 1 saturated heterocycles. The van der Waals surface area contributed by atoms with Crippen LogP contribution in [0.25, 0.3) is 0 Å². The molecule has 2 N–H and O–H groups in total. The van der Waals surface area contributed by atoms with Crippen LogP contribution in [-0.4, -0.2) is 56.2 Å². The highest BCUT2D eigenvalue weighted by molar-refractivity contribution is 14.0. The van der Waals surface area contributed by atoms with Crippen molar-refractivity contribution in [3.63, 3.8) is 0 Å². The predicted octanol–water partition coefficient (Wildman–Crippen LogP) is 3.28. The van der Waals surface area contributed by atoms with Crippen LogP contribution in [0.3, 0.4) is 0 Å². The van der Waals surface area contributed by atoms with E-state index in [4.69, 9.17) is 9.73 Å². The SMILES string of the molecule is CCNC(=NCC(C)Oc1ccccc1C)NCC1CCN(CC)C1.I. The van der Waals surface area contributed by atoms with Gasteiger partial charge in [0.1, 0.15) is 11.9 Å². The van der Waals surface area contributed by atoms with Crippen molar-refractivity contribution >= 4 is 29.9 Å². The van der Waals surface area contributed by atoms with Gasteiger partial charge in [-0.25, -0.2) is 4.99 Å². The number of aryl methyl sites for hydroxylation is 1. The van der Waals surface area contributed by atoms with Crippen molar-refractivity contribution < 1.29 is 4.74 Å². The Morgan fingerprint density at radius 1 is 1.31 bits per heavy atom. The highest BCUT2D eigenvalue weighted by Gasteiger charge is 2.21. The molecule has 1 aliphatic heterocycles. The van der Waals surface area contributed by atoms with Gasteiger partial charge in [-0.2, -0.15) is 0 Å². The van der Waals surface area contributed by atoms with E-state index in [9.17, 15) is 0 Å². The molecule has 1 heterocycles. The molecule has 26 heavy (non-hydrogen) atoms. The first-order valence-corrected chi connectivity index (χ1v) is 9.59. The molecule has 1 fully saturated rings. The summed E-state index contributed by atoms with van der Waals surface area (Å²) in [5.74, 6) is 2.54. The van der Waals surface area contributed by atoms with Crippen LogP contribution in [0.4, 0.5) is 0 Å². The van der Waals surface area contributed by atoms with Crippen LogP contribution in [0, 0.1) is 12.8 Å². The van der Waals surface area contributed by atoms with Gasteiger partial charge in [-0.3, -0.25) is 0 Å². The Labute approximate surface area is 176 Å². The summed E-state index contributed by atoms with van der Waals surface area (Å²) in [6.45, 7) is 14.5. The lowest BCUT2D eigenvalue weighted by molar-refractivity contribution is 0.228. The van der Waals surface area contributed by atoms with Crippen LogP contribution in [0.15, 0.2) is 29.3 Å². The standard InChI is InChI=1S/C20H34N4O.HI/c1-5-21-20(23-14-18-11-12-24(6-2)15-18)22-13-17(4)25-19-10-8-7-9-16(19)3;/h7-10,17-18H,5-6,11-15H2,1-4H3,(H2,21,22,23);1H. The number of hydrogen-bond acceptors (Lipinski definition) is 3. The molecule has 148 valence electrons. The van der Waals surface area contributed by atoms with E-state index in [1.807, 2.05) is 18.2 Å². The fourth-order valence-corrected chi connectivity index (χ4v) is 3.11. The lowest BCUT2D eigenvalue weighted by atomic mass is 10.1. The van der Waals surface area contributed by atoms with Gasteiger partial charge in [-0.1, -0.05) is 25.1 Å². The minimum atomic E-state index is 0. The number of likely N-dealkylation sites (tertiary alicyclic amines) is 1. The molecule has 0 amide bonds. The van der Waals surface area contributed by atoms with E-state index in [1.165, 1.54) is 19.5 Å². The van der Waals surface area contributed by atoms with Crippen molar-refractivity contribution in [3.05, 3.63) is 29.8 Å². The first-order chi connectivity index (χ1) is 12.1. The number of halogens is 1. The zero-order valence-corrected chi connectivity index (χ0v) is 19.0. The summed E-state index contributed by atoms with van der Waals surface area (Å²) in [7, 11) is 0. The number of guanidine groups is 1. The summed E-state index contributed by atoms with van der Waals surface area (Å²) in [4.78, 5) is 7.20. The molecule has 0 saturated carbocycles. The number of aliphatic imine (C=N–C) groups is 1. The van der Waals surface area contributed by atoms with Gasteiger partial charge in [0.2, 0.25) is 0 Å². The van der Waals surface area contributed by atoms with Crippen molar-refractivity contribution in [2.24, 2.45) is 10.9 Å². The topological polar surface area (TPSA) is 48.9 Å². The van der Waals surface area contributed by atoms with Crippen LogP contribution in [0.2, 0.25) is 0 Å². The Bertz CT molecular complexity index is 552. The Balaban J connectivity index is 0.00000338. The molecular weight excluding hydrogens is 439 g/mol. The molecule has 2 unspecified atom stereocenters. The maximum atomic E-state index is 6.01. The minimum absolute atomic E-state index is 0. The molecule has 2 rings (SSSR count). The number of nitrogens with zero attached hydrogens (tertiary/aromatic N) is 2. The molecule has 0 aliphatic carbocycles. The first-order valence-electron chi connectivity index (χ1n) is 9.59. The smallest absolute Gasteiger partial charge is 0.191 e. The van der Waals surface area contributed by atoms with E-state index in [0.717, 1.165) is 36.9 Å². The molecule has 0 radical (unpaired) electrons. The highest BCUT2D eigenvalue weighted by Crippen LogP contribution is 2.18. The quantitative estimate of drug-likeness (QED) is 0.345. The van der Waals surface area contributed by atoms with Crippen molar-refractivity contribution in [2.75, 3.05) is 39.3 Å². The van der Waals surface area contributed by atoms with Gasteiger partial charge in [-0.15, -0.1) is 24.0 Å². The van der Waals surface area contributed by atoms with Gasteiger partial charge in [0.15, 0.2) is 5.96 Å². The minimum Gasteiger partial charge on any atom is -0.489 e. The molecule has 1 aromatic carbocycles. The van der Waals surface area contributed by atoms with Crippen molar-refractivity contribution in [1.29, 1.82) is 0 Å². The Hall–Kier alpha value is -1.02. The third kappa shape index (κ3) is 7.70. The summed E-state index contributed by atoms with van der Waals surface area (Å²) >= 11 is 0. The monoisotopic (exact) mass is 474 g/mol. The van der Waals surface area contributed by atoms with Gasteiger partial charge < -0.3 is 20.3 Å². The predicted molar refractivity (Wildman–Crippen MR) is 121 cm³/mol. The van der Waals surface area contributed by atoms with Crippen molar-refractivity contribution in [1.82, 2.24) is 15.5 Å². The van der Waals surface area contributed by atoms with Crippen LogP contribution < -0.4 is 15.4 Å². The molecular formula is C20H35IN4O. The average molecular weight is 474 g/mol. The Kier molecular flexibility index (Phi) is 11.0. The van der Waals surface area contributed by atoms with Crippen molar-refractivity contribution in [3.8, 4) is 5.75 Å². The summed E-state index contributed by atoms with van der Waals surface area (Å²) in [5.41, 5.74) is 1.16. The van der Waals surface area contributed by atoms with Gasteiger partial charge in [0.25, 0.3) is 0 Å². The van der Waals surface area contributed by atoms with Crippen LogP contribution in [-0.2, 0) is 0 Å². The second-order valence-electron chi connectivity index (χ2n) is 6.84. The lowest BCUT2D eigenvalue weighted by Crippen LogP contribution is -2.41. The fourth-order valence-electron chi connectivity index (χ4n) is 3.11. The molecule has 2 atom stereocenters. The van der Waals surface area contributed by atoms with Gasteiger partial charge in [-0.05, 0) is 57.8 Å². The molecule has 6 heteroatoms. The normalized spacial score (nSPS) is 18.9. The Morgan fingerprint density at radius 3 is 2.73 bits per heavy atom. The number of rotatable bonds is 8.